The Hall–Kier alpha value is -1.02. The SMILES string of the molecule is CN(C[C@H]1CCCN(CCc2ccc(F)cc2)C1)S(=O)(=O)N1CCCC1. The molecule has 146 valence electrons. The summed E-state index contributed by atoms with van der Waals surface area (Å²) in [6.45, 7) is 4.82. The van der Waals surface area contributed by atoms with Crippen molar-refractivity contribution in [1.82, 2.24) is 13.5 Å². The molecule has 0 aromatic heterocycles. The van der Waals surface area contributed by atoms with Gasteiger partial charge in [-0.1, -0.05) is 12.1 Å². The standard InChI is InChI=1S/C19H30FN3O2S/c1-21(26(24,25)23-12-2-3-13-23)15-18-5-4-11-22(16-18)14-10-17-6-8-19(20)9-7-17/h6-9,18H,2-5,10-16H2,1H3/t18-/m1/s1. The van der Waals surface area contributed by atoms with Crippen molar-refractivity contribution in [3.8, 4) is 0 Å². The van der Waals surface area contributed by atoms with Gasteiger partial charge in [0.25, 0.3) is 10.2 Å². The normalized spacial score (nSPS) is 23.0. The van der Waals surface area contributed by atoms with Crippen LogP contribution in [-0.4, -0.2) is 68.2 Å². The Morgan fingerprint density at radius 2 is 1.81 bits per heavy atom. The number of hydrogen-bond acceptors (Lipinski definition) is 3. The Labute approximate surface area is 157 Å². The van der Waals surface area contributed by atoms with Crippen LogP contribution in [0.4, 0.5) is 4.39 Å². The van der Waals surface area contributed by atoms with E-state index in [1.807, 2.05) is 12.1 Å². The van der Waals surface area contributed by atoms with Gasteiger partial charge < -0.3 is 4.90 Å². The maximum Gasteiger partial charge on any atom is 0.281 e. The van der Waals surface area contributed by atoms with E-state index >= 15 is 0 Å². The number of likely N-dealkylation sites (tertiary alicyclic amines) is 1. The molecule has 2 aliphatic heterocycles. The van der Waals surface area contributed by atoms with Crippen LogP contribution in [-0.2, 0) is 16.6 Å². The van der Waals surface area contributed by atoms with E-state index in [2.05, 4.69) is 4.90 Å². The van der Waals surface area contributed by atoms with Crippen molar-refractivity contribution in [3.05, 3.63) is 35.6 Å². The molecule has 0 radical (unpaired) electrons. The monoisotopic (exact) mass is 383 g/mol. The molecule has 7 heteroatoms. The van der Waals surface area contributed by atoms with E-state index in [1.165, 1.54) is 12.1 Å². The minimum atomic E-state index is -3.30. The summed E-state index contributed by atoms with van der Waals surface area (Å²) < 4.78 is 41.4. The summed E-state index contributed by atoms with van der Waals surface area (Å²) in [5.41, 5.74) is 1.14. The first-order chi connectivity index (χ1) is 12.4. The summed E-state index contributed by atoms with van der Waals surface area (Å²) in [5, 5.41) is 0. The molecular formula is C19H30FN3O2S. The number of hydrogen-bond donors (Lipinski definition) is 0. The summed E-state index contributed by atoms with van der Waals surface area (Å²) in [6, 6.07) is 6.69. The van der Waals surface area contributed by atoms with E-state index in [4.69, 9.17) is 0 Å². The topological polar surface area (TPSA) is 43.9 Å². The highest BCUT2D eigenvalue weighted by molar-refractivity contribution is 7.86. The zero-order valence-electron chi connectivity index (χ0n) is 15.6. The van der Waals surface area contributed by atoms with Gasteiger partial charge in [-0.25, -0.2) is 4.39 Å². The number of piperidine rings is 1. The Morgan fingerprint density at radius 1 is 1.12 bits per heavy atom. The van der Waals surface area contributed by atoms with Crippen LogP contribution in [0.25, 0.3) is 0 Å². The van der Waals surface area contributed by atoms with Gasteiger partial charge in [0.15, 0.2) is 0 Å². The van der Waals surface area contributed by atoms with Crippen molar-refractivity contribution < 1.29 is 12.8 Å². The van der Waals surface area contributed by atoms with Crippen LogP contribution in [0, 0.1) is 11.7 Å². The Balaban J connectivity index is 1.49. The van der Waals surface area contributed by atoms with Crippen LogP contribution in [0.15, 0.2) is 24.3 Å². The van der Waals surface area contributed by atoms with Crippen LogP contribution in [0.3, 0.4) is 0 Å². The molecule has 3 rings (SSSR count). The lowest BCUT2D eigenvalue weighted by Crippen LogP contribution is -2.46. The third kappa shape index (κ3) is 5.03. The van der Waals surface area contributed by atoms with E-state index in [0.717, 1.165) is 57.3 Å². The molecule has 0 unspecified atom stereocenters. The van der Waals surface area contributed by atoms with E-state index < -0.39 is 10.2 Å². The minimum absolute atomic E-state index is 0.200. The van der Waals surface area contributed by atoms with Gasteiger partial charge in [0, 0.05) is 39.8 Å². The lowest BCUT2D eigenvalue weighted by Gasteiger charge is -2.35. The van der Waals surface area contributed by atoms with Crippen molar-refractivity contribution in [3.63, 3.8) is 0 Å². The lowest BCUT2D eigenvalue weighted by molar-refractivity contribution is 0.162. The quantitative estimate of drug-likeness (QED) is 0.726. The summed E-state index contributed by atoms with van der Waals surface area (Å²) in [4.78, 5) is 2.41. The van der Waals surface area contributed by atoms with Gasteiger partial charge in [-0.2, -0.15) is 17.0 Å². The minimum Gasteiger partial charge on any atom is -0.303 e. The molecule has 1 atom stereocenters. The average Bonchev–Trinajstić information content (AvgIpc) is 3.17. The fraction of sp³-hybridized carbons (Fsp3) is 0.684. The largest absolute Gasteiger partial charge is 0.303 e. The van der Waals surface area contributed by atoms with Crippen LogP contribution in [0.5, 0.6) is 0 Å². The molecule has 5 nitrogen and oxygen atoms in total. The van der Waals surface area contributed by atoms with E-state index in [1.54, 1.807) is 15.7 Å². The molecular weight excluding hydrogens is 353 g/mol. The lowest BCUT2D eigenvalue weighted by atomic mass is 9.97. The molecule has 2 aliphatic rings. The third-order valence-electron chi connectivity index (χ3n) is 5.53. The second-order valence-electron chi connectivity index (χ2n) is 7.58. The first-order valence-corrected chi connectivity index (χ1v) is 11.0. The zero-order valence-corrected chi connectivity index (χ0v) is 16.4. The van der Waals surface area contributed by atoms with Gasteiger partial charge >= 0.3 is 0 Å². The average molecular weight is 384 g/mol. The van der Waals surface area contributed by atoms with E-state index in [-0.39, 0.29) is 5.82 Å². The highest BCUT2D eigenvalue weighted by Crippen LogP contribution is 2.21. The number of halogens is 1. The van der Waals surface area contributed by atoms with Gasteiger partial charge in [0.1, 0.15) is 5.82 Å². The molecule has 2 heterocycles. The van der Waals surface area contributed by atoms with Gasteiger partial charge in [-0.3, -0.25) is 0 Å². The van der Waals surface area contributed by atoms with Crippen molar-refractivity contribution in [2.24, 2.45) is 5.92 Å². The molecule has 0 N–H and O–H groups in total. The second kappa shape index (κ2) is 8.78. The first kappa shape index (κ1) is 19.7. The van der Waals surface area contributed by atoms with Gasteiger partial charge in [0.2, 0.25) is 0 Å². The Kier molecular flexibility index (Phi) is 6.66. The number of benzene rings is 1. The van der Waals surface area contributed by atoms with Crippen molar-refractivity contribution in [2.45, 2.75) is 32.1 Å². The molecule has 0 spiro atoms. The second-order valence-corrected chi connectivity index (χ2v) is 9.62. The summed E-state index contributed by atoms with van der Waals surface area (Å²) in [6.07, 6.45) is 5.01. The maximum atomic E-state index is 13.0. The number of nitrogens with zero attached hydrogens (tertiary/aromatic N) is 3. The molecule has 0 amide bonds. The fourth-order valence-corrected chi connectivity index (χ4v) is 5.53. The van der Waals surface area contributed by atoms with Gasteiger partial charge in [0.05, 0.1) is 0 Å². The highest BCUT2D eigenvalue weighted by atomic mass is 32.2. The summed E-state index contributed by atoms with van der Waals surface area (Å²) in [5.74, 6) is 0.174. The van der Waals surface area contributed by atoms with Crippen LogP contribution in [0.1, 0.15) is 31.2 Å². The molecule has 0 saturated carbocycles. The van der Waals surface area contributed by atoms with E-state index in [0.29, 0.717) is 25.6 Å². The molecule has 0 aliphatic carbocycles. The molecule has 0 bridgehead atoms. The van der Waals surface area contributed by atoms with Gasteiger partial charge in [-0.05, 0) is 62.3 Å². The van der Waals surface area contributed by atoms with Crippen molar-refractivity contribution >= 4 is 10.2 Å². The van der Waals surface area contributed by atoms with E-state index in [9.17, 15) is 12.8 Å². The summed E-state index contributed by atoms with van der Waals surface area (Å²) >= 11 is 0. The first-order valence-electron chi connectivity index (χ1n) is 9.63. The smallest absolute Gasteiger partial charge is 0.281 e. The van der Waals surface area contributed by atoms with Crippen LogP contribution >= 0.6 is 0 Å². The van der Waals surface area contributed by atoms with Crippen LogP contribution < -0.4 is 0 Å². The maximum absolute atomic E-state index is 13.0. The van der Waals surface area contributed by atoms with Crippen molar-refractivity contribution in [1.29, 1.82) is 0 Å². The molecule has 2 saturated heterocycles. The van der Waals surface area contributed by atoms with Crippen molar-refractivity contribution in [2.75, 3.05) is 46.3 Å². The molecule has 1 aromatic rings. The fourth-order valence-electron chi connectivity index (χ4n) is 4.02. The molecule has 26 heavy (non-hydrogen) atoms. The van der Waals surface area contributed by atoms with Crippen LogP contribution in [0.2, 0.25) is 0 Å². The predicted molar refractivity (Wildman–Crippen MR) is 102 cm³/mol. The summed E-state index contributed by atoms with van der Waals surface area (Å²) in [7, 11) is -1.59. The molecule has 1 aromatic carbocycles. The Bertz CT molecular complexity index is 675. The number of rotatable bonds is 7. The molecule has 2 fully saturated rings. The van der Waals surface area contributed by atoms with Gasteiger partial charge in [-0.15, -0.1) is 0 Å². The predicted octanol–water partition coefficient (Wildman–Crippen LogP) is 2.35. The Morgan fingerprint density at radius 3 is 2.50 bits per heavy atom. The zero-order chi connectivity index (χ0) is 18.6. The highest BCUT2D eigenvalue weighted by Gasteiger charge is 2.31. The third-order valence-corrected chi connectivity index (χ3v) is 7.49.